The molecule has 0 radical (unpaired) electrons. The minimum Gasteiger partial charge on any atom is -0.309 e. The molecule has 4 aromatic heterocycles. The van der Waals surface area contributed by atoms with Crippen molar-refractivity contribution in [1.82, 2.24) is 29.1 Å². The molecule has 0 saturated heterocycles. The number of hydrogen-bond acceptors (Lipinski definition) is 4. The minimum atomic E-state index is 0.807. The van der Waals surface area contributed by atoms with Crippen LogP contribution in [0.4, 0.5) is 0 Å². The molecule has 0 aliphatic heterocycles. The zero-order valence-corrected chi connectivity index (χ0v) is 31.2. The number of rotatable bonds is 5. The quantitative estimate of drug-likeness (QED) is 0.176. The van der Waals surface area contributed by atoms with Crippen LogP contribution < -0.4 is 0 Å². The maximum Gasteiger partial charge on any atom is 0.165 e. The van der Waals surface area contributed by atoms with Crippen LogP contribution in [0.3, 0.4) is 0 Å². The van der Waals surface area contributed by atoms with Crippen LogP contribution in [0.1, 0.15) is 0 Å². The van der Waals surface area contributed by atoms with E-state index < -0.39 is 0 Å². The summed E-state index contributed by atoms with van der Waals surface area (Å²) in [6.07, 6.45) is 0. The average molecular weight is 741 g/mol. The summed E-state index contributed by atoms with van der Waals surface area (Å²) in [7, 11) is 0. The Morgan fingerprint density at radius 2 is 0.672 bits per heavy atom. The fourth-order valence-electron chi connectivity index (χ4n) is 8.73. The van der Waals surface area contributed by atoms with E-state index in [9.17, 15) is 0 Å². The SMILES string of the molecule is c1ccc(-c2nc3ccccc3nc2-c2ccc(-n3c4ccccc4c4c5c6ccccc6n(-c6nc7ccccc7nc6-c6ccccc6)c5ccc43)cc2)cc1. The summed E-state index contributed by atoms with van der Waals surface area (Å²) < 4.78 is 4.69. The second-order valence-corrected chi connectivity index (χ2v) is 14.6. The van der Waals surface area contributed by atoms with E-state index in [0.29, 0.717) is 0 Å². The van der Waals surface area contributed by atoms with E-state index >= 15 is 0 Å². The zero-order chi connectivity index (χ0) is 38.2. The Kier molecular flexibility index (Phi) is 7.13. The number of para-hydroxylation sites is 6. The molecular weight excluding hydrogens is 709 g/mol. The third kappa shape index (κ3) is 4.92. The summed E-state index contributed by atoms with van der Waals surface area (Å²) in [5, 5.41) is 4.75. The standard InChI is InChI=1S/C52H32N6/c1-3-15-33(16-4-1)49-50(54-40-22-10-9-21-39(40)53-49)35-27-29-36(30-28-35)57-43-25-13-7-19-37(43)47-45(57)31-32-46-48(47)38-20-8-14-26-44(38)58(46)52-51(34-17-5-2-6-18-34)55-41-23-11-12-24-42(41)56-52/h1-32H. The molecule has 0 aliphatic rings. The van der Waals surface area contributed by atoms with Gasteiger partial charge in [0.05, 0.1) is 55.5 Å². The Morgan fingerprint density at radius 1 is 0.276 bits per heavy atom. The lowest BCUT2D eigenvalue weighted by molar-refractivity contribution is 1.08. The predicted octanol–water partition coefficient (Wildman–Crippen LogP) is 12.8. The second-order valence-electron chi connectivity index (χ2n) is 14.6. The molecule has 0 fully saturated rings. The molecule has 58 heavy (non-hydrogen) atoms. The van der Waals surface area contributed by atoms with Crippen LogP contribution in [0.2, 0.25) is 0 Å². The van der Waals surface area contributed by atoms with Crippen LogP contribution in [-0.2, 0) is 0 Å². The first kappa shape index (κ1) is 32.3. The molecular formula is C52H32N6. The fourth-order valence-corrected chi connectivity index (χ4v) is 8.73. The van der Waals surface area contributed by atoms with Crippen LogP contribution in [0.5, 0.6) is 0 Å². The van der Waals surface area contributed by atoms with E-state index in [1.165, 1.54) is 21.5 Å². The highest BCUT2D eigenvalue weighted by Gasteiger charge is 2.23. The molecule has 0 atom stereocenters. The Balaban J connectivity index is 1.09. The topological polar surface area (TPSA) is 61.4 Å². The highest BCUT2D eigenvalue weighted by atomic mass is 15.1. The number of aromatic nitrogens is 6. The highest BCUT2D eigenvalue weighted by molar-refractivity contribution is 6.29. The summed E-state index contributed by atoms with van der Waals surface area (Å²) in [6, 6.07) is 67.6. The summed E-state index contributed by atoms with van der Waals surface area (Å²) in [5.74, 6) is 0.807. The minimum absolute atomic E-state index is 0.807. The molecule has 12 rings (SSSR count). The first-order valence-electron chi connectivity index (χ1n) is 19.5. The largest absolute Gasteiger partial charge is 0.309 e. The third-order valence-electron chi connectivity index (χ3n) is 11.3. The van der Waals surface area contributed by atoms with E-state index in [0.717, 1.165) is 89.4 Å². The van der Waals surface area contributed by atoms with Gasteiger partial charge >= 0.3 is 0 Å². The molecule has 0 saturated carbocycles. The molecule has 6 nitrogen and oxygen atoms in total. The molecule has 0 bridgehead atoms. The van der Waals surface area contributed by atoms with Gasteiger partial charge in [0.25, 0.3) is 0 Å². The maximum atomic E-state index is 5.35. The van der Waals surface area contributed by atoms with Gasteiger partial charge in [-0.25, -0.2) is 19.9 Å². The van der Waals surface area contributed by atoms with Gasteiger partial charge in [-0.15, -0.1) is 0 Å². The molecule has 0 spiro atoms. The van der Waals surface area contributed by atoms with Gasteiger partial charge in [0.15, 0.2) is 5.82 Å². The van der Waals surface area contributed by atoms with Crippen LogP contribution in [0.15, 0.2) is 194 Å². The van der Waals surface area contributed by atoms with Crippen LogP contribution >= 0.6 is 0 Å². The van der Waals surface area contributed by atoms with Crippen molar-refractivity contribution < 1.29 is 0 Å². The van der Waals surface area contributed by atoms with Gasteiger partial charge < -0.3 is 4.57 Å². The monoisotopic (exact) mass is 740 g/mol. The van der Waals surface area contributed by atoms with Gasteiger partial charge in [-0.2, -0.15) is 0 Å². The molecule has 0 aliphatic carbocycles. The molecule has 6 heteroatoms. The summed E-state index contributed by atoms with van der Waals surface area (Å²) in [5.41, 5.74) is 14.6. The zero-order valence-electron chi connectivity index (χ0n) is 31.2. The molecule has 0 amide bonds. The lowest BCUT2D eigenvalue weighted by atomic mass is 10.0. The van der Waals surface area contributed by atoms with Gasteiger partial charge in [0, 0.05) is 43.9 Å². The summed E-state index contributed by atoms with van der Waals surface area (Å²) >= 11 is 0. The first-order chi connectivity index (χ1) is 28.8. The molecule has 4 heterocycles. The van der Waals surface area contributed by atoms with E-state index in [1.54, 1.807) is 0 Å². The molecule has 12 aromatic rings. The Morgan fingerprint density at radius 3 is 1.22 bits per heavy atom. The Hall–Kier alpha value is -7.96. The predicted molar refractivity (Wildman–Crippen MR) is 238 cm³/mol. The first-order valence-corrected chi connectivity index (χ1v) is 19.5. The summed E-state index contributed by atoms with van der Waals surface area (Å²) in [6.45, 7) is 0. The van der Waals surface area contributed by atoms with Gasteiger partial charge in [0.2, 0.25) is 0 Å². The van der Waals surface area contributed by atoms with Crippen LogP contribution in [0, 0.1) is 0 Å². The molecule has 0 N–H and O–H groups in total. The van der Waals surface area contributed by atoms with Crippen molar-refractivity contribution in [1.29, 1.82) is 0 Å². The van der Waals surface area contributed by atoms with E-state index in [1.807, 2.05) is 72.8 Å². The van der Waals surface area contributed by atoms with Crippen molar-refractivity contribution in [2.24, 2.45) is 0 Å². The lowest BCUT2D eigenvalue weighted by Crippen LogP contribution is -2.03. The van der Waals surface area contributed by atoms with Crippen molar-refractivity contribution in [3.63, 3.8) is 0 Å². The van der Waals surface area contributed by atoms with Crippen molar-refractivity contribution in [3.05, 3.63) is 194 Å². The highest BCUT2D eigenvalue weighted by Crippen LogP contribution is 2.43. The maximum absolute atomic E-state index is 5.35. The number of benzene rings is 8. The fraction of sp³-hybridized carbons (Fsp3) is 0. The second kappa shape index (κ2) is 12.8. The van der Waals surface area contributed by atoms with Crippen LogP contribution in [0.25, 0.3) is 111 Å². The van der Waals surface area contributed by atoms with Crippen LogP contribution in [-0.4, -0.2) is 29.1 Å². The average Bonchev–Trinajstić information content (AvgIpc) is 3.81. The van der Waals surface area contributed by atoms with Crippen molar-refractivity contribution >= 4 is 65.7 Å². The smallest absolute Gasteiger partial charge is 0.165 e. The lowest BCUT2D eigenvalue weighted by Gasteiger charge is -2.14. The number of hydrogen-bond donors (Lipinski definition) is 0. The van der Waals surface area contributed by atoms with Gasteiger partial charge in [-0.05, 0) is 60.7 Å². The molecule has 0 unspecified atom stereocenters. The third-order valence-corrected chi connectivity index (χ3v) is 11.3. The van der Waals surface area contributed by atoms with Crippen molar-refractivity contribution in [3.8, 4) is 45.3 Å². The van der Waals surface area contributed by atoms with Crippen molar-refractivity contribution in [2.75, 3.05) is 0 Å². The molecule has 8 aromatic carbocycles. The Bertz CT molecular complexity index is 3550. The Labute approximate surface area is 333 Å². The van der Waals surface area contributed by atoms with E-state index in [-0.39, 0.29) is 0 Å². The van der Waals surface area contributed by atoms with Gasteiger partial charge in [-0.1, -0.05) is 133 Å². The molecule has 270 valence electrons. The summed E-state index contributed by atoms with van der Waals surface area (Å²) in [4.78, 5) is 20.9. The van der Waals surface area contributed by atoms with Gasteiger partial charge in [-0.3, -0.25) is 4.57 Å². The van der Waals surface area contributed by atoms with Gasteiger partial charge in [0.1, 0.15) is 5.69 Å². The number of fused-ring (bicyclic) bond motifs is 9. The number of nitrogens with zero attached hydrogens (tertiary/aromatic N) is 6. The van der Waals surface area contributed by atoms with Crippen molar-refractivity contribution in [2.45, 2.75) is 0 Å². The van der Waals surface area contributed by atoms with E-state index in [4.69, 9.17) is 19.9 Å². The normalized spacial score (nSPS) is 11.8. The van der Waals surface area contributed by atoms with E-state index in [2.05, 4.69) is 130 Å².